The quantitative estimate of drug-likeness (QED) is 0.842. The van der Waals surface area contributed by atoms with Gasteiger partial charge in [-0.15, -0.1) is 0 Å². The molecule has 100 valence electrons. The summed E-state index contributed by atoms with van der Waals surface area (Å²) in [6.45, 7) is 7.57. The second-order valence-electron chi connectivity index (χ2n) is 5.09. The van der Waals surface area contributed by atoms with Crippen LogP contribution < -0.4 is 5.32 Å². The predicted octanol–water partition coefficient (Wildman–Crippen LogP) is 4.20. The lowest BCUT2D eigenvalue weighted by Gasteiger charge is -2.21. The molecule has 0 aliphatic heterocycles. The Labute approximate surface area is 116 Å². The highest BCUT2D eigenvalue weighted by Crippen LogP contribution is 2.23. The predicted molar refractivity (Wildman–Crippen MR) is 82.5 cm³/mol. The Morgan fingerprint density at radius 2 is 1.68 bits per heavy atom. The lowest BCUT2D eigenvalue weighted by Crippen LogP contribution is -2.24. The molecule has 0 bridgehead atoms. The Hall–Kier alpha value is -1.60. The van der Waals surface area contributed by atoms with Gasteiger partial charge >= 0.3 is 0 Å². The Morgan fingerprint density at radius 1 is 0.947 bits per heavy atom. The van der Waals surface area contributed by atoms with Crippen molar-refractivity contribution in [1.29, 1.82) is 0 Å². The normalized spacial score (nSPS) is 12.4. The molecule has 1 nitrogen and oxygen atoms in total. The van der Waals surface area contributed by atoms with E-state index in [1.165, 1.54) is 22.3 Å². The van der Waals surface area contributed by atoms with Crippen molar-refractivity contribution in [2.24, 2.45) is 0 Å². The number of aryl methyl sites for hydroxylation is 1. The van der Waals surface area contributed by atoms with E-state index in [1.807, 2.05) is 0 Å². The third-order valence-corrected chi connectivity index (χ3v) is 3.76. The van der Waals surface area contributed by atoms with Gasteiger partial charge < -0.3 is 5.32 Å². The van der Waals surface area contributed by atoms with Crippen LogP contribution in [0.3, 0.4) is 0 Å². The van der Waals surface area contributed by atoms with Gasteiger partial charge in [0.2, 0.25) is 0 Å². The fourth-order valence-electron chi connectivity index (χ4n) is 2.54. The molecule has 0 heterocycles. The third-order valence-electron chi connectivity index (χ3n) is 3.76. The summed E-state index contributed by atoms with van der Waals surface area (Å²) >= 11 is 0. The lowest BCUT2D eigenvalue weighted by molar-refractivity contribution is 0.547. The van der Waals surface area contributed by atoms with Gasteiger partial charge in [0.05, 0.1) is 0 Å². The molecule has 0 saturated heterocycles. The van der Waals surface area contributed by atoms with Gasteiger partial charge in [-0.2, -0.15) is 0 Å². The van der Waals surface area contributed by atoms with Gasteiger partial charge in [-0.25, -0.2) is 0 Å². The van der Waals surface area contributed by atoms with E-state index in [-0.39, 0.29) is 0 Å². The highest BCUT2D eigenvalue weighted by molar-refractivity contribution is 5.36. The van der Waals surface area contributed by atoms with E-state index in [0.717, 1.165) is 13.0 Å². The van der Waals surface area contributed by atoms with Crippen LogP contribution >= 0.6 is 0 Å². The van der Waals surface area contributed by atoms with Gasteiger partial charge in [-0.3, -0.25) is 0 Å². The first kappa shape index (κ1) is 13.8. The van der Waals surface area contributed by atoms with Gasteiger partial charge in [-0.05, 0) is 49.1 Å². The zero-order chi connectivity index (χ0) is 13.7. The molecule has 19 heavy (non-hydrogen) atoms. The largest absolute Gasteiger partial charge is 0.310 e. The van der Waals surface area contributed by atoms with Gasteiger partial charge in [0.15, 0.2) is 0 Å². The maximum atomic E-state index is 3.62. The second kappa shape index (κ2) is 6.53. The highest BCUT2D eigenvalue weighted by Gasteiger charge is 2.14. The number of rotatable bonds is 5. The molecule has 1 heteroatoms. The topological polar surface area (TPSA) is 12.0 Å². The molecule has 0 aliphatic carbocycles. The monoisotopic (exact) mass is 253 g/mol. The van der Waals surface area contributed by atoms with Crippen molar-refractivity contribution in [2.45, 2.75) is 33.2 Å². The van der Waals surface area contributed by atoms with Gasteiger partial charge in [-0.1, -0.05) is 55.5 Å². The first-order chi connectivity index (χ1) is 9.22. The first-order valence-corrected chi connectivity index (χ1v) is 7.05. The van der Waals surface area contributed by atoms with Crippen LogP contribution in [0.5, 0.6) is 0 Å². The maximum Gasteiger partial charge on any atom is 0.0363 e. The molecule has 0 spiro atoms. The molecule has 0 aliphatic rings. The van der Waals surface area contributed by atoms with Crippen LogP contribution in [0.2, 0.25) is 0 Å². The Morgan fingerprint density at radius 3 is 2.37 bits per heavy atom. The fraction of sp³-hybridized carbons (Fsp3) is 0.333. The average Bonchev–Trinajstić information content (AvgIpc) is 2.43. The van der Waals surface area contributed by atoms with E-state index in [1.54, 1.807) is 0 Å². The summed E-state index contributed by atoms with van der Waals surface area (Å²) in [5.74, 6) is 0. The van der Waals surface area contributed by atoms with E-state index in [9.17, 15) is 0 Å². The molecule has 2 aromatic rings. The van der Waals surface area contributed by atoms with Crippen LogP contribution in [-0.2, 0) is 6.42 Å². The number of likely N-dealkylation sites (N-methyl/N-ethyl adjacent to an activating group) is 1. The maximum absolute atomic E-state index is 3.62. The van der Waals surface area contributed by atoms with Crippen LogP contribution in [0.1, 0.15) is 35.2 Å². The van der Waals surface area contributed by atoms with Crippen molar-refractivity contribution >= 4 is 0 Å². The lowest BCUT2D eigenvalue weighted by atomic mass is 9.93. The molecule has 0 fully saturated rings. The van der Waals surface area contributed by atoms with Crippen molar-refractivity contribution in [3.63, 3.8) is 0 Å². The summed E-state index contributed by atoms with van der Waals surface area (Å²) in [4.78, 5) is 0. The van der Waals surface area contributed by atoms with Gasteiger partial charge in [0.1, 0.15) is 0 Å². The van der Waals surface area contributed by atoms with E-state index in [4.69, 9.17) is 0 Å². The van der Waals surface area contributed by atoms with Crippen molar-refractivity contribution in [3.05, 3.63) is 70.8 Å². The third kappa shape index (κ3) is 3.45. The summed E-state index contributed by atoms with van der Waals surface area (Å²) in [5.41, 5.74) is 5.58. The molecule has 0 amide bonds. The Kier molecular flexibility index (Phi) is 4.75. The van der Waals surface area contributed by atoms with Crippen LogP contribution in [0, 0.1) is 13.8 Å². The summed E-state index contributed by atoms with van der Waals surface area (Å²) in [7, 11) is 0. The van der Waals surface area contributed by atoms with Crippen LogP contribution in [0.25, 0.3) is 0 Å². The smallest absolute Gasteiger partial charge is 0.0363 e. The van der Waals surface area contributed by atoms with Crippen molar-refractivity contribution in [3.8, 4) is 0 Å². The van der Waals surface area contributed by atoms with E-state index < -0.39 is 0 Å². The van der Waals surface area contributed by atoms with E-state index >= 15 is 0 Å². The molecular weight excluding hydrogens is 230 g/mol. The summed E-state index contributed by atoms with van der Waals surface area (Å²) < 4.78 is 0. The SMILES string of the molecule is CCNC(Cc1ccccc1)c1cccc(C)c1C. The number of benzene rings is 2. The Balaban J connectivity index is 2.27. The van der Waals surface area contributed by atoms with Crippen LogP contribution in [-0.4, -0.2) is 6.54 Å². The Bertz CT molecular complexity index is 516. The minimum absolute atomic E-state index is 0.396. The second-order valence-corrected chi connectivity index (χ2v) is 5.09. The molecule has 1 unspecified atom stereocenters. The van der Waals surface area contributed by atoms with Crippen LogP contribution in [0.15, 0.2) is 48.5 Å². The molecule has 0 aromatic heterocycles. The average molecular weight is 253 g/mol. The minimum Gasteiger partial charge on any atom is -0.310 e. The summed E-state index contributed by atoms with van der Waals surface area (Å²) in [6.07, 6.45) is 1.04. The van der Waals surface area contributed by atoms with Crippen LogP contribution in [0.4, 0.5) is 0 Å². The number of hydrogen-bond acceptors (Lipinski definition) is 1. The zero-order valence-electron chi connectivity index (χ0n) is 12.1. The van der Waals surface area contributed by atoms with Crippen molar-refractivity contribution in [2.75, 3.05) is 6.54 Å². The number of nitrogens with one attached hydrogen (secondary N) is 1. The summed E-state index contributed by atoms with van der Waals surface area (Å²) in [5, 5.41) is 3.62. The highest BCUT2D eigenvalue weighted by atomic mass is 14.9. The minimum atomic E-state index is 0.396. The van der Waals surface area contributed by atoms with Crippen molar-refractivity contribution < 1.29 is 0 Å². The summed E-state index contributed by atoms with van der Waals surface area (Å²) in [6, 6.07) is 17.7. The first-order valence-electron chi connectivity index (χ1n) is 7.05. The molecule has 1 N–H and O–H groups in total. The molecule has 2 aromatic carbocycles. The zero-order valence-corrected chi connectivity index (χ0v) is 12.1. The van der Waals surface area contributed by atoms with Gasteiger partial charge in [0.25, 0.3) is 0 Å². The number of hydrogen-bond donors (Lipinski definition) is 1. The van der Waals surface area contributed by atoms with Gasteiger partial charge in [0, 0.05) is 6.04 Å². The molecule has 0 radical (unpaired) electrons. The molecule has 0 saturated carbocycles. The van der Waals surface area contributed by atoms with E-state index in [0.29, 0.717) is 6.04 Å². The standard InChI is InChI=1S/C18H23N/c1-4-19-18(13-16-10-6-5-7-11-16)17-12-8-9-14(2)15(17)3/h5-12,18-19H,4,13H2,1-3H3. The molecule has 1 atom stereocenters. The van der Waals surface area contributed by atoms with E-state index in [2.05, 4.69) is 74.6 Å². The fourth-order valence-corrected chi connectivity index (χ4v) is 2.54. The molecular formula is C18H23N. The van der Waals surface area contributed by atoms with Crippen molar-refractivity contribution in [1.82, 2.24) is 5.32 Å². The molecule has 2 rings (SSSR count).